The molecule has 1 N–H and O–H groups in total. The van der Waals surface area contributed by atoms with Gasteiger partial charge in [-0.05, 0) is 30.7 Å². The SMILES string of the molecule is COc1ccc(C(F)(F)F)cc1NC(=O)CCCn1nc(-c2ccccc2)ccc1=O. The number of hydrogen-bond acceptors (Lipinski definition) is 4. The Bertz CT molecular complexity index is 1110. The molecule has 0 radical (unpaired) electrons. The van der Waals surface area contributed by atoms with Crippen molar-refractivity contribution in [3.63, 3.8) is 0 Å². The lowest BCUT2D eigenvalue weighted by molar-refractivity contribution is -0.137. The molecule has 6 nitrogen and oxygen atoms in total. The molecule has 162 valence electrons. The highest BCUT2D eigenvalue weighted by Gasteiger charge is 2.31. The molecule has 3 rings (SSSR count). The lowest BCUT2D eigenvalue weighted by Crippen LogP contribution is -2.23. The number of hydrogen-bond donors (Lipinski definition) is 1. The summed E-state index contributed by atoms with van der Waals surface area (Å²) in [6.07, 6.45) is -4.27. The summed E-state index contributed by atoms with van der Waals surface area (Å²) in [7, 11) is 1.30. The van der Waals surface area contributed by atoms with Crippen LogP contribution >= 0.6 is 0 Å². The van der Waals surface area contributed by atoms with Gasteiger partial charge in [-0.25, -0.2) is 4.68 Å². The van der Waals surface area contributed by atoms with Crippen molar-refractivity contribution in [2.45, 2.75) is 25.6 Å². The highest BCUT2D eigenvalue weighted by atomic mass is 19.4. The Kier molecular flexibility index (Phi) is 6.74. The van der Waals surface area contributed by atoms with Crippen LogP contribution in [-0.2, 0) is 17.5 Å². The zero-order chi connectivity index (χ0) is 22.4. The topological polar surface area (TPSA) is 73.2 Å². The van der Waals surface area contributed by atoms with Gasteiger partial charge in [0.15, 0.2) is 0 Å². The number of nitrogens with zero attached hydrogens (tertiary/aromatic N) is 2. The van der Waals surface area contributed by atoms with Gasteiger partial charge >= 0.3 is 6.18 Å². The molecule has 0 spiro atoms. The average Bonchev–Trinajstić information content (AvgIpc) is 2.75. The van der Waals surface area contributed by atoms with Crippen LogP contribution in [0.3, 0.4) is 0 Å². The molecule has 9 heteroatoms. The van der Waals surface area contributed by atoms with Gasteiger partial charge in [0.2, 0.25) is 5.91 Å². The first-order valence-electron chi connectivity index (χ1n) is 9.46. The van der Waals surface area contributed by atoms with Gasteiger partial charge < -0.3 is 10.1 Å². The van der Waals surface area contributed by atoms with E-state index in [1.54, 1.807) is 6.07 Å². The quantitative estimate of drug-likeness (QED) is 0.604. The van der Waals surface area contributed by atoms with Crippen LogP contribution < -0.4 is 15.6 Å². The molecule has 0 aliphatic heterocycles. The van der Waals surface area contributed by atoms with Gasteiger partial charge in [0, 0.05) is 24.6 Å². The van der Waals surface area contributed by atoms with E-state index < -0.39 is 17.6 Å². The number of carbonyl (C=O) groups is 1. The van der Waals surface area contributed by atoms with Crippen LogP contribution in [0.2, 0.25) is 0 Å². The molecule has 0 aliphatic rings. The van der Waals surface area contributed by atoms with E-state index in [9.17, 15) is 22.8 Å². The maximum atomic E-state index is 12.9. The zero-order valence-electron chi connectivity index (χ0n) is 16.6. The molecule has 0 saturated carbocycles. The van der Waals surface area contributed by atoms with E-state index in [4.69, 9.17) is 4.74 Å². The number of ether oxygens (including phenoxy) is 1. The average molecular weight is 431 g/mol. The minimum absolute atomic E-state index is 0.0108. The number of rotatable bonds is 7. The van der Waals surface area contributed by atoms with Crippen molar-refractivity contribution in [1.29, 1.82) is 0 Å². The second kappa shape index (κ2) is 9.46. The summed E-state index contributed by atoms with van der Waals surface area (Å²) in [5.74, 6) is -0.375. The standard InChI is InChI=1S/C22H20F3N3O3/c1-31-19-11-9-16(22(23,24)25)14-18(19)26-20(29)8-5-13-28-21(30)12-10-17(27-28)15-6-3-2-4-7-15/h2-4,6-7,9-12,14H,5,8,13H2,1H3,(H,26,29). The Labute approximate surface area is 176 Å². The van der Waals surface area contributed by atoms with Gasteiger partial charge in [-0.3, -0.25) is 9.59 Å². The molecule has 1 amide bonds. The Morgan fingerprint density at radius 2 is 1.84 bits per heavy atom. The molecule has 31 heavy (non-hydrogen) atoms. The number of anilines is 1. The molecule has 0 fully saturated rings. The van der Waals surface area contributed by atoms with Crippen LogP contribution in [0, 0.1) is 0 Å². The van der Waals surface area contributed by atoms with E-state index in [2.05, 4.69) is 10.4 Å². The van der Waals surface area contributed by atoms with Crippen molar-refractivity contribution in [3.05, 3.63) is 76.6 Å². The van der Waals surface area contributed by atoms with Crippen LogP contribution in [0.25, 0.3) is 11.3 Å². The Balaban J connectivity index is 1.64. The van der Waals surface area contributed by atoms with Crippen LogP contribution in [0.15, 0.2) is 65.5 Å². The van der Waals surface area contributed by atoms with Crippen molar-refractivity contribution in [2.75, 3.05) is 12.4 Å². The van der Waals surface area contributed by atoms with E-state index in [0.29, 0.717) is 5.69 Å². The van der Waals surface area contributed by atoms with Crippen molar-refractivity contribution in [3.8, 4) is 17.0 Å². The molecular formula is C22H20F3N3O3. The maximum absolute atomic E-state index is 12.9. The Morgan fingerprint density at radius 1 is 1.10 bits per heavy atom. The molecule has 1 aromatic heterocycles. The van der Waals surface area contributed by atoms with E-state index >= 15 is 0 Å². The van der Waals surface area contributed by atoms with Gasteiger partial charge in [0.25, 0.3) is 5.56 Å². The number of carbonyl (C=O) groups excluding carboxylic acids is 1. The number of aromatic nitrogens is 2. The Morgan fingerprint density at radius 3 is 2.52 bits per heavy atom. The third-order valence-electron chi connectivity index (χ3n) is 4.51. The summed E-state index contributed by atoms with van der Waals surface area (Å²) in [5, 5.41) is 6.76. The van der Waals surface area contributed by atoms with Gasteiger partial charge in [-0.1, -0.05) is 30.3 Å². The van der Waals surface area contributed by atoms with Crippen LogP contribution in [-0.4, -0.2) is 22.8 Å². The normalized spacial score (nSPS) is 11.2. The van der Waals surface area contributed by atoms with Crippen molar-refractivity contribution in [2.24, 2.45) is 0 Å². The van der Waals surface area contributed by atoms with E-state index in [1.807, 2.05) is 30.3 Å². The van der Waals surface area contributed by atoms with Gasteiger partial charge in [-0.15, -0.1) is 0 Å². The summed E-state index contributed by atoms with van der Waals surface area (Å²) >= 11 is 0. The van der Waals surface area contributed by atoms with E-state index in [-0.39, 0.29) is 36.4 Å². The first kappa shape index (κ1) is 22.1. The lowest BCUT2D eigenvalue weighted by Gasteiger charge is -2.14. The summed E-state index contributed by atoms with van der Waals surface area (Å²) in [5.41, 5.74) is 0.212. The number of nitrogens with one attached hydrogen (secondary N) is 1. The van der Waals surface area contributed by atoms with E-state index in [0.717, 1.165) is 23.8 Å². The van der Waals surface area contributed by atoms with E-state index in [1.165, 1.54) is 17.9 Å². The second-order valence-electron chi connectivity index (χ2n) is 6.71. The minimum Gasteiger partial charge on any atom is -0.495 e. The summed E-state index contributed by atoms with van der Waals surface area (Å²) in [6, 6.07) is 15.2. The van der Waals surface area contributed by atoms with Crippen molar-refractivity contribution < 1.29 is 22.7 Å². The number of halogens is 3. The zero-order valence-corrected chi connectivity index (χ0v) is 16.6. The van der Waals surface area contributed by atoms with Crippen molar-refractivity contribution >= 4 is 11.6 Å². The molecule has 3 aromatic rings. The molecule has 2 aromatic carbocycles. The maximum Gasteiger partial charge on any atom is 0.416 e. The third kappa shape index (κ3) is 5.71. The summed E-state index contributed by atoms with van der Waals surface area (Å²) in [4.78, 5) is 24.3. The van der Waals surface area contributed by atoms with Gasteiger partial charge in [-0.2, -0.15) is 18.3 Å². The first-order valence-corrected chi connectivity index (χ1v) is 9.46. The molecule has 0 bridgehead atoms. The monoisotopic (exact) mass is 431 g/mol. The second-order valence-corrected chi connectivity index (χ2v) is 6.71. The fourth-order valence-electron chi connectivity index (χ4n) is 2.96. The molecule has 1 heterocycles. The Hall–Kier alpha value is -3.62. The molecule has 0 saturated heterocycles. The predicted octanol–water partition coefficient (Wildman–Crippen LogP) is 4.36. The lowest BCUT2D eigenvalue weighted by atomic mass is 10.1. The fourth-order valence-corrected chi connectivity index (χ4v) is 2.96. The molecule has 0 aliphatic carbocycles. The number of benzene rings is 2. The number of amides is 1. The number of aryl methyl sites for hydroxylation is 1. The van der Waals surface area contributed by atoms with Crippen molar-refractivity contribution in [1.82, 2.24) is 9.78 Å². The predicted molar refractivity (Wildman–Crippen MR) is 110 cm³/mol. The smallest absolute Gasteiger partial charge is 0.416 e. The summed E-state index contributed by atoms with van der Waals surface area (Å²) in [6.45, 7) is 0.187. The van der Waals surface area contributed by atoms with Crippen LogP contribution in [0.1, 0.15) is 18.4 Å². The molecule has 0 atom stereocenters. The highest BCUT2D eigenvalue weighted by molar-refractivity contribution is 5.92. The van der Waals surface area contributed by atoms with Crippen LogP contribution in [0.4, 0.5) is 18.9 Å². The van der Waals surface area contributed by atoms with Gasteiger partial charge in [0.1, 0.15) is 5.75 Å². The minimum atomic E-state index is -4.54. The highest BCUT2D eigenvalue weighted by Crippen LogP contribution is 2.35. The number of alkyl halides is 3. The van der Waals surface area contributed by atoms with Gasteiger partial charge in [0.05, 0.1) is 24.1 Å². The largest absolute Gasteiger partial charge is 0.495 e. The first-order chi connectivity index (χ1) is 14.8. The molecular weight excluding hydrogens is 411 g/mol. The fraction of sp³-hybridized carbons (Fsp3) is 0.227. The van der Waals surface area contributed by atoms with Crippen LogP contribution in [0.5, 0.6) is 5.75 Å². The molecule has 0 unspecified atom stereocenters. The third-order valence-corrected chi connectivity index (χ3v) is 4.51. The number of methoxy groups -OCH3 is 1. The summed E-state index contributed by atoms with van der Waals surface area (Å²) < 4.78 is 45.1.